The molecule has 1 saturated heterocycles. The number of rotatable bonds is 10. The molecule has 0 aromatic carbocycles. The monoisotopic (exact) mass is 460 g/mol. The minimum atomic E-state index is -0.718. The van der Waals surface area contributed by atoms with Crippen LogP contribution >= 0.6 is 0 Å². The fourth-order valence-electron chi connectivity index (χ4n) is 4.59. The molecule has 0 saturated carbocycles. The molecule has 1 fully saturated rings. The van der Waals surface area contributed by atoms with Gasteiger partial charge in [0, 0.05) is 30.4 Å². The SMILES string of the molecule is CC/C=C\C(COC1CC(C)N(CC(O)Cn2nc3ccccn3c2=O)C(CC)C1)=C(/C)F. The van der Waals surface area contributed by atoms with E-state index in [-0.39, 0.29) is 42.9 Å². The average Bonchev–Trinajstić information content (AvgIpc) is 3.10. The van der Waals surface area contributed by atoms with Gasteiger partial charge >= 0.3 is 5.69 Å². The van der Waals surface area contributed by atoms with Gasteiger partial charge in [-0.25, -0.2) is 13.9 Å². The highest BCUT2D eigenvalue weighted by Gasteiger charge is 2.34. The van der Waals surface area contributed by atoms with Crippen molar-refractivity contribution in [2.75, 3.05) is 13.2 Å². The molecule has 8 heteroatoms. The molecule has 3 rings (SSSR count). The van der Waals surface area contributed by atoms with Crippen molar-refractivity contribution in [3.05, 3.63) is 58.4 Å². The number of piperidine rings is 1. The van der Waals surface area contributed by atoms with Crippen LogP contribution in [0.25, 0.3) is 5.65 Å². The molecular formula is C25H37FN4O3. The first kappa shape index (κ1) is 25.3. The van der Waals surface area contributed by atoms with E-state index in [1.165, 1.54) is 16.0 Å². The molecule has 1 N–H and O–H groups in total. The zero-order valence-corrected chi connectivity index (χ0v) is 20.2. The van der Waals surface area contributed by atoms with Crippen molar-refractivity contribution in [1.82, 2.24) is 19.1 Å². The predicted octanol–water partition coefficient (Wildman–Crippen LogP) is 3.71. The van der Waals surface area contributed by atoms with E-state index in [1.54, 1.807) is 18.3 Å². The fourth-order valence-corrected chi connectivity index (χ4v) is 4.59. The minimum absolute atomic E-state index is 0.0452. The summed E-state index contributed by atoms with van der Waals surface area (Å²) in [7, 11) is 0. The smallest absolute Gasteiger partial charge is 0.350 e. The van der Waals surface area contributed by atoms with Crippen molar-refractivity contribution in [2.24, 2.45) is 0 Å². The number of hydrogen-bond acceptors (Lipinski definition) is 5. The topological polar surface area (TPSA) is 72.0 Å². The number of ether oxygens (including phenoxy) is 1. The second kappa shape index (κ2) is 11.7. The Labute approximate surface area is 195 Å². The van der Waals surface area contributed by atoms with Gasteiger partial charge in [-0.05, 0) is 51.7 Å². The van der Waals surface area contributed by atoms with E-state index >= 15 is 0 Å². The van der Waals surface area contributed by atoms with Gasteiger partial charge in [0.2, 0.25) is 0 Å². The Balaban J connectivity index is 1.60. The lowest BCUT2D eigenvalue weighted by molar-refractivity contribution is -0.0472. The van der Waals surface area contributed by atoms with Gasteiger partial charge in [0.05, 0.1) is 25.4 Å². The Morgan fingerprint density at radius 3 is 2.79 bits per heavy atom. The Bertz CT molecular complexity index is 1020. The summed E-state index contributed by atoms with van der Waals surface area (Å²) in [5.74, 6) is -0.206. The van der Waals surface area contributed by atoms with Crippen molar-refractivity contribution in [2.45, 2.75) is 84.2 Å². The molecule has 0 amide bonds. The van der Waals surface area contributed by atoms with E-state index in [0.29, 0.717) is 17.8 Å². The second-order valence-corrected chi connectivity index (χ2v) is 8.93. The Morgan fingerprint density at radius 1 is 1.33 bits per heavy atom. The summed E-state index contributed by atoms with van der Waals surface area (Å²) in [5, 5.41) is 15.1. The van der Waals surface area contributed by atoms with Crippen LogP contribution in [0, 0.1) is 0 Å². The molecule has 7 nitrogen and oxygen atoms in total. The van der Waals surface area contributed by atoms with E-state index in [2.05, 4.69) is 23.8 Å². The van der Waals surface area contributed by atoms with Gasteiger partial charge in [0.1, 0.15) is 5.83 Å². The molecule has 2 aromatic heterocycles. The average molecular weight is 461 g/mol. The molecule has 2 aromatic rings. The van der Waals surface area contributed by atoms with Gasteiger partial charge < -0.3 is 9.84 Å². The summed E-state index contributed by atoms with van der Waals surface area (Å²) >= 11 is 0. The number of hydrogen-bond donors (Lipinski definition) is 1. The summed E-state index contributed by atoms with van der Waals surface area (Å²) in [4.78, 5) is 14.8. The summed E-state index contributed by atoms with van der Waals surface area (Å²) in [6.45, 7) is 8.63. The molecule has 0 spiro atoms. The van der Waals surface area contributed by atoms with Crippen molar-refractivity contribution in [3.8, 4) is 0 Å². The van der Waals surface area contributed by atoms with Gasteiger partial charge in [-0.1, -0.05) is 32.1 Å². The third kappa shape index (κ3) is 6.40. The highest BCUT2D eigenvalue weighted by atomic mass is 19.1. The Hall–Kier alpha value is -2.29. The molecule has 0 aliphatic carbocycles. The maximum Gasteiger partial charge on any atom is 0.350 e. The third-order valence-corrected chi connectivity index (χ3v) is 6.41. The van der Waals surface area contributed by atoms with E-state index < -0.39 is 6.10 Å². The number of fused-ring (bicyclic) bond motifs is 1. The fraction of sp³-hybridized carbons (Fsp3) is 0.600. The summed E-state index contributed by atoms with van der Waals surface area (Å²) in [6, 6.07) is 5.83. The van der Waals surface area contributed by atoms with Gasteiger partial charge in [-0.2, -0.15) is 0 Å². The number of nitrogens with zero attached hydrogens (tertiary/aromatic N) is 4. The molecule has 4 atom stereocenters. The lowest BCUT2D eigenvalue weighted by atomic mass is 9.91. The predicted molar refractivity (Wildman–Crippen MR) is 128 cm³/mol. The lowest BCUT2D eigenvalue weighted by Gasteiger charge is -2.44. The van der Waals surface area contributed by atoms with Crippen molar-refractivity contribution >= 4 is 5.65 Å². The lowest BCUT2D eigenvalue weighted by Crippen LogP contribution is -2.53. The molecule has 0 bridgehead atoms. The third-order valence-electron chi connectivity index (χ3n) is 6.41. The largest absolute Gasteiger partial charge is 0.390 e. The maximum absolute atomic E-state index is 13.8. The first-order valence-corrected chi connectivity index (χ1v) is 11.9. The zero-order chi connectivity index (χ0) is 24.0. The van der Waals surface area contributed by atoms with Gasteiger partial charge in [0.15, 0.2) is 5.65 Å². The number of β-amino-alcohol motifs (C(OH)–C–C–N with tert-alkyl or cyclic N) is 1. The number of pyridine rings is 1. The Morgan fingerprint density at radius 2 is 2.12 bits per heavy atom. The van der Waals surface area contributed by atoms with Crippen LogP contribution in [0.5, 0.6) is 0 Å². The maximum atomic E-state index is 13.8. The number of aliphatic hydroxyl groups excluding tert-OH is 1. The first-order valence-electron chi connectivity index (χ1n) is 11.9. The zero-order valence-electron chi connectivity index (χ0n) is 20.2. The normalized spacial score (nSPS) is 23.9. The van der Waals surface area contributed by atoms with Crippen LogP contribution in [-0.4, -0.2) is 61.6 Å². The summed E-state index contributed by atoms with van der Waals surface area (Å²) in [5.41, 5.74) is 0.910. The number of likely N-dealkylation sites (tertiary alicyclic amines) is 1. The molecule has 182 valence electrons. The van der Waals surface area contributed by atoms with Crippen molar-refractivity contribution in [3.63, 3.8) is 0 Å². The van der Waals surface area contributed by atoms with Crippen LogP contribution in [-0.2, 0) is 11.3 Å². The van der Waals surface area contributed by atoms with Crippen LogP contribution in [0.4, 0.5) is 4.39 Å². The second-order valence-electron chi connectivity index (χ2n) is 8.93. The molecule has 33 heavy (non-hydrogen) atoms. The molecule has 1 aliphatic heterocycles. The van der Waals surface area contributed by atoms with Crippen LogP contribution in [0.3, 0.4) is 0 Å². The van der Waals surface area contributed by atoms with Crippen molar-refractivity contribution < 1.29 is 14.2 Å². The number of aromatic nitrogens is 3. The number of halogens is 1. The van der Waals surface area contributed by atoms with E-state index in [9.17, 15) is 14.3 Å². The highest BCUT2D eigenvalue weighted by Crippen LogP contribution is 2.28. The van der Waals surface area contributed by atoms with Crippen LogP contribution in [0.2, 0.25) is 0 Å². The molecule has 4 unspecified atom stereocenters. The number of aliphatic hydroxyl groups is 1. The van der Waals surface area contributed by atoms with E-state index in [1.807, 2.05) is 25.1 Å². The molecule has 0 radical (unpaired) electrons. The summed E-state index contributed by atoms with van der Waals surface area (Å²) in [6.07, 6.45) is 8.18. The quantitative estimate of drug-likeness (QED) is 0.547. The van der Waals surface area contributed by atoms with Gasteiger partial charge in [0.25, 0.3) is 0 Å². The molecular weight excluding hydrogens is 423 g/mol. The van der Waals surface area contributed by atoms with Crippen LogP contribution in [0.1, 0.15) is 53.4 Å². The first-order chi connectivity index (χ1) is 15.8. The summed E-state index contributed by atoms with van der Waals surface area (Å²) < 4.78 is 22.7. The van der Waals surface area contributed by atoms with Gasteiger partial charge in [-0.3, -0.25) is 9.30 Å². The minimum Gasteiger partial charge on any atom is -0.390 e. The highest BCUT2D eigenvalue weighted by molar-refractivity contribution is 5.35. The standard InChI is InChI=1S/C25H37FN4O3/c1-5-7-10-20(19(4)26)17-33-23-13-18(3)29(21(6-2)14-23)15-22(31)16-30-25(32)28-12-9-8-11-24(28)27-30/h7-12,18,21-23,31H,5-6,13-17H2,1-4H3/b10-7-,20-19-. The van der Waals surface area contributed by atoms with E-state index in [0.717, 1.165) is 25.7 Å². The number of allylic oxidation sites excluding steroid dienone is 2. The van der Waals surface area contributed by atoms with Crippen LogP contribution < -0.4 is 5.69 Å². The van der Waals surface area contributed by atoms with Crippen molar-refractivity contribution in [1.29, 1.82) is 0 Å². The van der Waals surface area contributed by atoms with Gasteiger partial charge in [-0.15, -0.1) is 5.10 Å². The molecule has 1 aliphatic rings. The molecule has 3 heterocycles. The van der Waals surface area contributed by atoms with Crippen LogP contribution in [0.15, 0.2) is 52.7 Å². The van der Waals surface area contributed by atoms with E-state index in [4.69, 9.17) is 4.74 Å². The Kier molecular flexibility index (Phi) is 9.00.